The molecule has 0 saturated heterocycles. The van der Waals surface area contributed by atoms with E-state index in [1.165, 1.54) is 51.4 Å². The lowest BCUT2D eigenvalue weighted by Gasteiger charge is -2.26. The van der Waals surface area contributed by atoms with Crippen LogP contribution in [0.3, 0.4) is 0 Å². The van der Waals surface area contributed by atoms with E-state index in [4.69, 9.17) is 28.7 Å². The van der Waals surface area contributed by atoms with E-state index in [0.29, 0.717) is 0 Å². The first-order chi connectivity index (χ1) is 26.2. The summed E-state index contributed by atoms with van der Waals surface area (Å²) in [6.45, 7) is 26.9. The molecule has 14 nitrogen and oxygen atoms in total. The third-order valence-corrected chi connectivity index (χ3v) is 9.53. The zero-order valence-electron chi connectivity index (χ0n) is 34.8. The minimum absolute atomic E-state index is 0.760. The second-order valence-corrected chi connectivity index (χ2v) is 14.6. The van der Waals surface area contributed by atoms with E-state index in [1.54, 1.807) is 0 Å². The molecule has 0 rings (SSSR count). The van der Waals surface area contributed by atoms with Gasteiger partial charge >= 0.3 is 0 Å². The monoisotopic (exact) mass is 759 g/mol. The predicted octanol–water partition coefficient (Wildman–Crippen LogP) is -0.705. The Bertz CT molecular complexity index is 634. The SMILES string of the molecule is NCCCNCCCN(CCCNCCCN)CCCNCCCNCCCN(CCCN)CCCN(CCCNCCCN)CCCNCCCN. The molecule has 0 aliphatic carbocycles. The largest absolute Gasteiger partial charge is 0.330 e. The highest BCUT2D eigenvalue weighted by molar-refractivity contribution is 4.67. The van der Waals surface area contributed by atoms with Crippen LogP contribution < -0.4 is 60.6 Å². The van der Waals surface area contributed by atoms with Crippen molar-refractivity contribution in [1.82, 2.24) is 46.6 Å². The highest BCUT2D eigenvalue weighted by atomic mass is 15.2. The Kier molecular flexibility index (Phi) is 45.3. The van der Waals surface area contributed by atoms with Crippen LogP contribution in [0.1, 0.15) is 83.5 Å². The van der Waals surface area contributed by atoms with E-state index in [9.17, 15) is 0 Å². The summed E-state index contributed by atoms with van der Waals surface area (Å²) in [6, 6.07) is 0. The van der Waals surface area contributed by atoms with Crippen molar-refractivity contribution in [2.45, 2.75) is 83.5 Å². The summed E-state index contributed by atoms with van der Waals surface area (Å²) in [6.07, 6.45) is 14.8. The van der Waals surface area contributed by atoms with Gasteiger partial charge in [-0.1, -0.05) is 0 Å². The number of nitrogens with zero attached hydrogens (tertiary/aromatic N) is 3. The van der Waals surface area contributed by atoms with Gasteiger partial charge in [-0.2, -0.15) is 0 Å². The van der Waals surface area contributed by atoms with Crippen molar-refractivity contribution in [3.63, 3.8) is 0 Å². The van der Waals surface area contributed by atoms with Crippen LogP contribution in [0.5, 0.6) is 0 Å². The van der Waals surface area contributed by atoms with Crippen LogP contribution in [0.2, 0.25) is 0 Å². The normalized spacial score (nSPS) is 12.0. The van der Waals surface area contributed by atoms with E-state index < -0.39 is 0 Å². The van der Waals surface area contributed by atoms with Crippen LogP contribution in [0.15, 0.2) is 0 Å². The average Bonchev–Trinajstić information content (AvgIpc) is 3.17. The van der Waals surface area contributed by atoms with Crippen LogP contribution in [0.4, 0.5) is 0 Å². The fraction of sp³-hybridized carbons (Fsp3) is 1.00. The number of hydrogen-bond donors (Lipinski definition) is 11. The van der Waals surface area contributed by atoms with Crippen LogP contribution in [-0.4, -0.2) is 185 Å². The van der Waals surface area contributed by atoms with Gasteiger partial charge in [0.25, 0.3) is 0 Å². The molecule has 0 saturated carbocycles. The highest BCUT2D eigenvalue weighted by Gasteiger charge is 2.09. The number of hydrogen-bond acceptors (Lipinski definition) is 14. The van der Waals surface area contributed by atoms with Gasteiger partial charge in [0.2, 0.25) is 0 Å². The second kappa shape index (κ2) is 45.8. The van der Waals surface area contributed by atoms with Gasteiger partial charge in [0.1, 0.15) is 0 Å². The first-order valence-corrected chi connectivity index (χ1v) is 22.1. The third kappa shape index (κ3) is 40.9. The third-order valence-electron chi connectivity index (χ3n) is 9.53. The molecule has 0 aromatic carbocycles. The summed E-state index contributed by atoms with van der Waals surface area (Å²) in [5, 5.41) is 21.5. The fourth-order valence-corrected chi connectivity index (χ4v) is 6.40. The Morgan fingerprint density at radius 1 is 0.208 bits per heavy atom. The maximum Gasteiger partial charge on any atom is -0.000653 e. The van der Waals surface area contributed by atoms with E-state index in [2.05, 4.69) is 46.6 Å². The second-order valence-electron chi connectivity index (χ2n) is 14.6. The molecular weight excluding hydrogens is 665 g/mol. The summed E-state index contributed by atoms with van der Waals surface area (Å²) in [7, 11) is 0. The van der Waals surface area contributed by atoms with Crippen molar-refractivity contribution in [3.05, 3.63) is 0 Å². The van der Waals surface area contributed by atoms with Crippen LogP contribution >= 0.6 is 0 Å². The minimum atomic E-state index is 0.760. The van der Waals surface area contributed by atoms with E-state index in [0.717, 1.165) is 202 Å². The molecule has 0 heterocycles. The van der Waals surface area contributed by atoms with Crippen LogP contribution in [0, 0.1) is 0 Å². The zero-order valence-corrected chi connectivity index (χ0v) is 34.8. The summed E-state index contributed by atoms with van der Waals surface area (Å²) >= 11 is 0. The van der Waals surface area contributed by atoms with Gasteiger partial charge < -0.3 is 75.3 Å². The maximum absolute atomic E-state index is 5.90. The van der Waals surface area contributed by atoms with Crippen molar-refractivity contribution in [3.8, 4) is 0 Å². The molecule has 0 aliphatic heterocycles. The lowest BCUT2D eigenvalue weighted by Crippen LogP contribution is -2.35. The molecule has 16 N–H and O–H groups in total. The number of nitrogens with two attached hydrogens (primary N) is 5. The fourth-order valence-electron chi connectivity index (χ4n) is 6.40. The lowest BCUT2D eigenvalue weighted by molar-refractivity contribution is 0.219. The van der Waals surface area contributed by atoms with Crippen molar-refractivity contribution in [2.24, 2.45) is 28.7 Å². The Morgan fingerprint density at radius 2 is 0.396 bits per heavy atom. The molecule has 0 unspecified atom stereocenters. The van der Waals surface area contributed by atoms with Gasteiger partial charge in [-0.15, -0.1) is 0 Å². The Labute approximate surface area is 328 Å². The average molecular weight is 759 g/mol. The van der Waals surface area contributed by atoms with Crippen molar-refractivity contribution >= 4 is 0 Å². The number of nitrogens with one attached hydrogen (secondary N) is 6. The Balaban J connectivity index is 4.23. The van der Waals surface area contributed by atoms with Crippen LogP contribution in [0.25, 0.3) is 0 Å². The quantitative estimate of drug-likeness (QED) is 0.0347. The van der Waals surface area contributed by atoms with Crippen molar-refractivity contribution < 1.29 is 0 Å². The van der Waals surface area contributed by atoms with Crippen molar-refractivity contribution in [2.75, 3.05) is 170 Å². The number of rotatable bonds is 47. The molecule has 0 bridgehead atoms. The van der Waals surface area contributed by atoms with Crippen LogP contribution in [-0.2, 0) is 0 Å². The summed E-state index contributed by atoms with van der Waals surface area (Å²) in [5.74, 6) is 0. The van der Waals surface area contributed by atoms with Gasteiger partial charge in [-0.25, -0.2) is 0 Å². The Hall–Kier alpha value is -0.560. The molecule has 0 aromatic rings. The molecule has 14 heteroatoms. The highest BCUT2D eigenvalue weighted by Crippen LogP contribution is 2.02. The summed E-state index contributed by atoms with van der Waals surface area (Å²) in [4.78, 5) is 7.94. The molecule has 0 fully saturated rings. The topological polar surface area (TPSA) is 212 Å². The molecular formula is C39H94N14. The van der Waals surface area contributed by atoms with Gasteiger partial charge in [-0.05, 0) is 254 Å². The van der Waals surface area contributed by atoms with E-state index in [-0.39, 0.29) is 0 Å². The Morgan fingerprint density at radius 3 is 0.642 bits per heavy atom. The van der Waals surface area contributed by atoms with Gasteiger partial charge in [0.15, 0.2) is 0 Å². The predicted molar refractivity (Wildman–Crippen MR) is 232 cm³/mol. The molecule has 0 atom stereocenters. The van der Waals surface area contributed by atoms with Gasteiger partial charge in [0.05, 0.1) is 0 Å². The molecule has 0 aromatic heterocycles. The summed E-state index contributed by atoms with van der Waals surface area (Å²) < 4.78 is 0. The first kappa shape index (κ1) is 52.4. The van der Waals surface area contributed by atoms with Gasteiger partial charge in [-0.3, -0.25) is 0 Å². The molecule has 0 amide bonds. The summed E-state index contributed by atoms with van der Waals surface area (Å²) in [5.41, 5.74) is 28.4. The maximum atomic E-state index is 5.90. The molecule has 0 radical (unpaired) electrons. The first-order valence-electron chi connectivity index (χ1n) is 22.1. The van der Waals surface area contributed by atoms with Gasteiger partial charge in [0, 0.05) is 0 Å². The molecule has 53 heavy (non-hydrogen) atoms. The van der Waals surface area contributed by atoms with E-state index in [1.807, 2.05) is 0 Å². The zero-order chi connectivity index (χ0) is 38.6. The molecule has 0 aliphatic rings. The lowest BCUT2D eigenvalue weighted by atomic mass is 10.2. The standard InChI is InChI=1S/C39H94N14/c40-14-1-19-45-25-7-33-52(34-8-26-46-20-2-15-41)35-12-30-50-24-6-23-49-29-11-32-51(31-5-18-44)38-13-39-53(36-9-27-47-21-3-16-42)37-10-28-48-22-4-17-43/h45-50H,1-44H2. The smallest absolute Gasteiger partial charge is 0.000653 e. The minimum Gasteiger partial charge on any atom is -0.330 e. The molecule has 0 spiro atoms. The molecule has 320 valence electrons. The van der Waals surface area contributed by atoms with Crippen molar-refractivity contribution in [1.29, 1.82) is 0 Å². The van der Waals surface area contributed by atoms with E-state index >= 15 is 0 Å².